The molecule has 1 aromatic heterocycles. The highest BCUT2D eigenvalue weighted by Crippen LogP contribution is 2.20. The van der Waals surface area contributed by atoms with Crippen LogP contribution >= 0.6 is 11.3 Å². The van der Waals surface area contributed by atoms with E-state index in [1.807, 2.05) is 17.5 Å². The first-order chi connectivity index (χ1) is 13.1. The van der Waals surface area contributed by atoms with Crippen LogP contribution in [0.1, 0.15) is 11.3 Å². The second kappa shape index (κ2) is 9.77. The zero-order valence-electron chi connectivity index (χ0n) is 15.0. The number of nitrogens with one attached hydrogen (secondary N) is 1. The van der Waals surface area contributed by atoms with Gasteiger partial charge >= 0.3 is 6.03 Å². The molecule has 3 rings (SSSR count). The number of carbonyl (C=O) groups is 1. The van der Waals surface area contributed by atoms with Crippen LogP contribution in [-0.2, 0) is 11.3 Å². The van der Waals surface area contributed by atoms with Gasteiger partial charge in [-0.1, -0.05) is 12.1 Å². The van der Waals surface area contributed by atoms with Gasteiger partial charge in [0, 0.05) is 31.1 Å². The van der Waals surface area contributed by atoms with Crippen LogP contribution in [0.25, 0.3) is 0 Å². The number of morpholine rings is 1. The summed E-state index contributed by atoms with van der Waals surface area (Å²) in [6, 6.07) is 6.87. The highest BCUT2D eigenvalue weighted by molar-refractivity contribution is 7.09. The van der Waals surface area contributed by atoms with E-state index >= 15 is 0 Å². The fraction of sp³-hybridized carbons (Fsp3) is 0.421. The minimum Gasteiger partial charge on any atom is -0.379 e. The molecule has 0 radical (unpaired) electrons. The molecule has 2 aromatic rings. The summed E-state index contributed by atoms with van der Waals surface area (Å²) < 4.78 is 33.1. The van der Waals surface area contributed by atoms with Gasteiger partial charge in [0.2, 0.25) is 0 Å². The molecule has 0 bridgehead atoms. The van der Waals surface area contributed by atoms with Crippen LogP contribution < -0.4 is 5.32 Å². The number of para-hydroxylation sites is 1. The molecule has 0 saturated carbocycles. The standard InChI is InChI=1S/C19H23F2N3O2S/c20-16-5-1-6-17(21)18(16)22-19(25)24(14-15-4-2-13-27-15)8-3-7-23-9-11-26-12-10-23/h1-2,4-6,13H,3,7-12,14H2,(H,22,25). The predicted octanol–water partition coefficient (Wildman–Crippen LogP) is 3.78. The average molecular weight is 395 g/mol. The Morgan fingerprint density at radius 2 is 1.93 bits per heavy atom. The van der Waals surface area contributed by atoms with Crippen molar-refractivity contribution in [3.8, 4) is 0 Å². The molecule has 1 aromatic carbocycles. The Bertz CT molecular complexity index is 716. The lowest BCUT2D eigenvalue weighted by Crippen LogP contribution is -2.40. The van der Waals surface area contributed by atoms with Crippen LogP contribution in [0.2, 0.25) is 0 Å². The number of nitrogens with zero attached hydrogens (tertiary/aromatic N) is 2. The van der Waals surface area contributed by atoms with Crippen molar-refractivity contribution in [2.75, 3.05) is 44.7 Å². The fourth-order valence-electron chi connectivity index (χ4n) is 2.96. The Balaban J connectivity index is 1.62. The lowest BCUT2D eigenvalue weighted by atomic mass is 10.3. The van der Waals surface area contributed by atoms with Gasteiger partial charge < -0.3 is 15.0 Å². The number of anilines is 1. The van der Waals surface area contributed by atoms with Crippen LogP contribution in [0.15, 0.2) is 35.7 Å². The van der Waals surface area contributed by atoms with Crippen molar-refractivity contribution in [2.24, 2.45) is 0 Å². The second-order valence-corrected chi connectivity index (χ2v) is 7.37. The van der Waals surface area contributed by atoms with Crippen molar-refractivity contribution in [3.05, 3.63) is 52.2 Å². The van der Waals surface area contributed by atoms with Gasteiger partial charge in [0.25, 0.3) is 0 Å². The highest BCUT2D eigenvalue weighted by atomic mass is 32.1. The second-order valence-electron chi connectivity index (χ2n) is 6.34. The first-order valence-electron chi connectivity index (χ1n) is 8.96. The van der Waals surface area contributed by atoms with Crippen LogP contribution in [0.5, 0.6) is 0 Å². The van der Waals surface area contributed by atoms with Gasteiger partial charge in [0.1, 0.15) is 17.3 Å². The first-order valence-corrected chi connectivity index (χ1v) is 9.84. The molecule has 1 saturated heterocycles. The smallest absolute Gasteiger partial charge is 0.322 e. The number of hydrogen-bond donors (Lipinski definition) is 1. The topological polar surface area (TPSA) is 44.8 Å². The number of urea groups is 1. The number of ether oxygens (including phenoxy) is 1. The SMILES string of the molecule is O=C(Nc1c(F)cccc1F)N(CCCN1CCOCC1)Cc1cccs1. The Hall–Kier alpha value is -2.03. The van der Waals surface area contributed by atoms with E-state index in [9.17, 15) is 13.6 Å². The molecule has 0 atom stereocenters. The third kappa shape index (κ3) is 5.72. The average Bonchev–Trinajstić information content (AvgIpc) is 3.18. The highest BCUT2D eigenvalue weighted by Gasteiger charge is 2.19. The Kier molecular flexibility index (Phi) is 7.14. The van der Waals surface area contributed by atoms with E-state index in [0.29, 0.717) is 13.1 Å². The number of hydrogen-bond acceptors (Lipinski definition) is 4. The lowest BCUT2D eigenvalue weighted by Gasteiger charge is -2.28. The number of thiophene rings is 1. The molecule has 8 heteroatoms. The summed E-state index contributed by atoms with van der Waals surface area (Å²) in [6.07, 6.45) is 0.776. The largest absolute Gasteiger partial charge is 0.379 e. The van der Waals surface area contributed by atoms with E-state index in [4.69, 9.17) is 4.74 Å². The molecule has 0 aliphatic carbocycles. The van der Waals surface area contributed by atoms with Gasteiger partial charge in [0.05, 0.1) is 19.8 Å². The van der Waals surface area contributed by atoms with Gasteiger partial charge in [-0.05, 0) is 30.0 Å². The lowest BCUT2D eigenvalue weighted by molar-refractivity contribution is 0.0365. The summed E-state index contributed by atoms with van der Waals surface area (Å²) in [4.78, 5) is 17.6. The van der Waals surface area contributed by atoms with E-state index in [2.05, 4.69) is 10.2 Å². The van der Waals surface area contributed by atoms with Crippen LogP contribution in [-0.4, -0.2) is 55.2 Å². The first kappa shape index (κ1) is 19.7. The van der Waals surface area contributed by atoms with Crippen molar-refractivity contribution in [2.45, 2.75) is 13.0 Å². The molecule has 146 valence electrons. The van der Waals surface area contributed by atoms with E-state index in [-0.39, 0.29) is 0 Å². The molecule has 1 N–H and O–H groups in total. The third-order valence-corrected chi connectivity index (χ3v) is 5.28. The zero-order chi connectivity index (χ0) is 19.1. The van der Waals surface area contributed by atoms with Gasteiger partial charge in [-0.15, -0.1) is 11.3 Å². The molecule has 1 aliphatic rings. The van der Waals surface area contributed by atoms with Crippen LogP contribution in [0, 0.1) is 11.6 Å². The number of rotatable bonds is 7. The van der Waals surface area contributed by atoms with Crippen LogP contribution in [0.4, 0.5) is 19.3 Å². The molecule has 1 aliphatic heterocycles. The van der Waals surface area contributed by atoms with Gasteiger partial charge in [-0.25, -0.2) is 13.6 Å². The summed E-state index contributed by atoms with van der Waals surface area (Å²) in [5.41, 5.74) is -0.410. The Morgan fingerprint density at radius 3 is 2.59 bits per heavy atom. The van der Waals surface area contributed by atoms with Gasteiger partial charge in [-0.3, -0.25) is 4.90 Å². The van der Waals surface area contributed by atoms with Crippen molar-refractivity contribution in [1.82, 2.24) is 9.80 Å². The zero-order valence-corrected chi connectivity index (χ0v) is 15.8. The van der Waals surface area contributed by atoms with Crippen molar-refractivity contribution in [3.63, 3.8) is 0 Å². The molecule has 0 unspecified atom stereocenters. The van der Waals surface area contributed by atoms with E-state index in [0.717, 1.165) is 56.3 Å². The summed E-state index contributed by atoms with van der Waals surface area (Å²) in [5, 5.41) is 4.33. The molecular formula is C19H23F2N3O2S. The molecule has 1 fully saturated rings. The summed E-state index contributed by atoms with van der Waals surface area (Å²) >= 11 is 1.55. The summed E-state index contributed by atoms with van der Waals surface area (Å²) in [7, 11) is 0. The van der Waals surface area contributed by atoms with E-state index < -0.39 is 23.4 Å². The van der Waals surface area contributed by atoms with Crippen molar-refractivity contribution in [1.29, 1.82) is 0 Å². The third-order valence-electron chi connectivity index (χ3n) is 4.41. The van der Waals surface area contributed by atoms with E-state index in [1.165, 1.54) is 6.07 Å². The van der Waals surface area contributed by atoms with Crippen molar-refractivity contribution < 1.29 is 18.3 Å². The number of amides is 2. The maximum atomic E-state index is 13.9. The minimum absolute atomic E-state index is 0.405. The van der Waals surface area contributed by atoms with Crippen LogP contribution in [0.3, 0.4) is 0 Å². The molecule has 0 spiro atoms. The Labute approximate surface area is 161 Å². The normalized spacial score (nSPS) is 14.9. The molecular weight excluding hydrogens is 372 g/mol. The number of halogens is 2. The molecule has 27 heavy (non-hydrogen) atoms. The van der Waals surface area contributed by atoms with E-state index in [1.54, 1.807) is 16.2 Å². The Morgan fingerprint density at radius 1 is 1.19 bits per heavy atom. The number of benzene rings is 1. The predicted molar refractivity (Wildman–Crippen MR) is 102 cm³/mol. The van der Waals surface area contributed by atoms with Gasteiger partial charge in [0.15, 0.2) is 0 Å². The molecule has 2 amide bonds. The minimum atomic E-state index is -0.784. The summed E-state index contributed by atoms with van der Waals surface area (Å²) in [5.74, 6) is -1.57. The molecule has 2 heterocycles. The maximum absolute atomic E-state index is 13.9. The quantitative estimate of drug-likeness (QED) is 0.776. The number of carbonyl (C=O) groups excluding carboxylic acids is 1. The molecule has 5 nitrogen and oxygen atoms in total. The maximum Gasteiger partial charge on any atom is 0.322 e. The summed E-state index contributed by atoms with van der Waals surface area (Å²) in [6.45, 7) is 4.98. The van der Waals surface area contributed by atoms with Gasteiger partial charge in [-0.2, -0.15) is 0 Å². The fourth-order valence-corrected chi connectivity index (χ4v) is 3.68. The van der Waals surface area contributed by atoms with Crippen molar-refractivity contribution >= 4 is 23.1 Å². The monoisotopic (exact) mass is 395 g/mol.